The van der Waals surface area contributed by atoms with Gasteiger partial charge in [0, 0.05) is 21.7 Å². The molecule has 1 aromatic carbocycles. The van der Waals surface area contributed by atoms with Gasteiger partial charge in [-0.15, -0.1) is 11.3 Å². The summed E-state index contributed by atoms with van der Waals surface area (Å²) in [6.45, 7) is 6.13. The van der Waals surface area contributed by atoms with Gasteiger partial charge in [0.2, 0.25) is 0 Å². The van der Waals surface area contributed by atoms with Crippen LogP contribution in [-0.4, -0.2) is 13.2 Å². The molecule has 1 N–H and O–H groups in total. The summed E-state index contributed by atoms with van der Waals surface area (Å²) >= 11 is 1.89. The number of hydrogen-bond acceptors (Lipinski definition) is 3. The molecule has 0 bridgehead atoms. The first-order chi connectivity index (χ1) is 9.78. The maximum absolute atomic E-state index is 5.96. The van der Waals surface area contributed by atoms with Crippen LogP contribution in [-0.2, 0) is 6.42 Å². The van der Waals surface area contributed by atoms with Gasteiger partial charge < -0.3 is 10.1 Å². The van der Waals surface area contributed by atoms with Gasteiger partial charge in [-0.1, -0.05) is 25.1 Å². The number of nitrogens with one attached hydrogen (secondary N) is 1. The standard InChI is InChI=1S/C17H21NOS/c1-3-18-17(16-9-8-12(2)20-16)14-10-13-6-4-5-7-15(13)19-11-14/h4-9,14,17-18H,3,10-11H2,1-2H3. The molecular formula is C17H21NOS. The van der Waals surface area contributed by atoms with Gasteiger partial charge in [0.1, 0.15) is 5.75 Å². The normalized spacial score (nSPS) is 19.2. The van der Waals surface area contributed by atoms with E-state index in [4.69, 9.17) is 4.74 Å². The highest BCUT2D eigenvalue weighted by Gasteiger charge is 2.28. The molecule has 2 heterocycles. The van der Waals surface area contributed by atoms with Crippen molar-refractivity contribution < 1.29 is 4.74 Å². The summed E-state index contributed by atoms with van der Waals surface area (Å²) in [7, 11) is 0. The van der Waals surface area contributed by atoms with Crippen LogP contribution < -0.4 is 10.1 Å². The van der Waals surface area contributed by atoms with Crippen molar-refractivity contribution in [3.63, 3.8) is 0 Å². The lowest BCUT2D eigenvalue weighted by atomic mass is 9.89. The predicted molar refractivity (Wildman–Crippen MR) is 84.6 cm³/mol. The Bertz CT molecular complexity index is 578. The van der Waals surface area contributed by atoms with Gasteiger partial charge in [-0.3, -0.25) is 0 Å². The Kier molecular flexibility index (Phi) is 4.08. The minimum Gasteiger partial charge on any atom is -0.493 e. The zero-order valence-electron chi connectivity index (χ0n) is 12.1. The van der Waals surface area contributed by atoms with Crippen molar-refractivity contribution in [2.24, 2.45) is 5.92 Å². The Hall–Kier alpha value is -1.32. The van der Waals surface area contributed by atoms with Crippen LogP contribution in [0.2, 0.25) is 0 Å². The van der Waals surface area contributed by atoms with E-state index in [1.165, 1.54) is 15.3 Å². The topological polar surface area (TPSA) is 21.3 Å². The minimum atomic E-state index is 0.395. The summed E-state index contributed by atoms with van der Waals surface area (Å²) in [5.41, 5.74) is 1.33. The van der Waals surface area contributed by atoms with E-state index in [0.717, 1.165) is 25.3 Å². The third-order valence-electron chi connectivity index (χ3n) is 3.87. The van der Waals surface area contributed by atoms with Crippen molar-refractivity contribution in [3.05, 3.63) is 51.7 Å². The van der Waals surface area contributed by atoms with Crippen LogP contribution >= 0.6 is 11.3 Å². The zero-order valence-corrected chi connectivity index (χ0v) is 12.9. The molecule has 0 amide bonds. The lowest BCUT2D eigenvalue weighted by Gasteiger charge is -2.31. The molecule has 0 saturated carbocycles. The molecule has 0 spiro atoms. The number of aryl methyl sites for hydroxylation is 1. The molecule has 106 valence electrons. The third-order valence-corrected chi connectivity index (χ3v) is 4.95. The smallest absolute Gasteiger partial charge is 0.122 e. The van der Waals surface area contributed by atoms with Crippen LogP contribution in [0.5, 0.6) is 5.75 Å². The molecule has 1 aliphatic heterocycles. The zero-order chi connectivity index (χ0) is 13.9. The van der Waals surface area contributed by atoms with Crippen molar-refractivity contribution >= 4 is 11.3 Å². The van der Waals surface area contributed by atoms with Gasteiger partial charge in [-0.25, -0.2) is 0 Å². The number of benzene rings is 1. The highest BCUT2D eigenvalue weighted by atomic mass is 32.1. The lowest BCUT2D eigenvalue weighted by molar-refractivity contribution is 0.187. The van der Waals surface area contributed by atoms with Crippen LogP contribution in [0.15, 0.2) is 36.4 Å². The monoisotopic (exact) mass is 287 g/mol. The van der Waals surface area contributed by atoms with Crippen molar-refractivity contribution in [2.75, 3.05) is 13.2 Å². The Labute approximate surface area is 124 Å². The molecular weight excluding hydrogens is 266 g/mol. The molecule has 0 saturated heterocycles. The maximum atomic E-state index is 5.96. The summed E-state index contributed by atoms with van der Waals surface area (Å²) in [5.74, 6) is 1.56. The first-order valence-corrected chi connectivity index (χ1v) is 8.10. The number of ether oxygens (including phenoxy) is 1. The minimum absolute atomic E-state index is 0.395. The van der Waals surface area contributed by atoms with Gasteiger partial charge in [-0.05, 0) is 43.7 Å². The van der Waals surface area contributed by atoms with Crippen LogP contribution in [0.1, 0.15) is 28.3 Å². The molecule has 3 rings (SSSR count). The summed E-state index contributed by atoms with van der Waals surface area (Å²) in [6, 6.07) is 13.3. The summed E-state index contributed by atoms with van der Waals surface area (Å²) in [4.78, 5) is 2.80. The van der Waals surface area contributed by atoms with E-state index in [1.807, 2.05) is 17.4 Å². The summed E-state index contributed by atoms with van der Waals surface area (Å²) < 4.78 is 5.96. The molecule has 1 aliphatic rings. The Morgan fingerprint density at radius 3 is 2.90 bits per heavy atom. The average molecular weight is 287 g/mol. The van der Waals surface area contributed by atoms with E-state index in [0.29, 0.717) is 12.0 Å². The Morgan fingerprint density at radius 2 is 2.15 bits per heavy atom. The van der Waals surface area contributed by atoms with E-state index < -0.39 is 0 Å². The highest BCUT2D eigenvalue weighted by molar-refractivity contribution is 7.12. The highest BCUT2D eigenvalue weighted by Crippen LogP contribution is 2.35. The second-order valence-electron chi connectivity index (χ2n) is 5.37. The fraction of sp³-hybridized carbons (Fsp3) is 0.412. The van der Waals surface area contributed by atoms with Gasteiger partial charge in [0.05, 0.1) is 6.61 Å². The summed E-state index contributed by atoms with van der Waals surface area (Å²) in [5, 5.41) is 3.64. The molecule has 2 nitrogen and oxygen atoms in total. The molecule has 20 heavy (non-hydrogen) atoms. The fourth-order valence-corrected chi connectivity index (χ4v) is 3.95. The predicted octanol–water partition coefficient (Wildman–Crippen LogP) is 3.96. The quantitative estimate of drug-likeness (QED) is 0.919. The molecule has 2 aromatic rings. The van der Waals surface area contributed by atoms with E-state index in [1.54, 1.807) is 0 Å². The lowest BCUT2D eigenvalue weighted by Crippen LogP contribution is -2.34. The second-order valence-corrected chi connectivity index (χ2v) is 6.69. The number of hydrogen-bond donors (Lipinski definition) is 1. The van der Waals surface area contributed by atoms with Crippen LogP contribution in [0, 0.1) is 12.8 Å². The maximum Gasteiger partial charge on any atom is 0.122 e. The summed E-state index contributed by atoms with van der Waals surface area (Å²) in [6.07, 6.45) is 1.09. The number of thiophene rings is 1. The van der Waals surface area contributed by atoms with Gasteiger partial charge >= 0.3 is 0 Å². The van der Waals surface area contributed by atoms with E-state index in [2.05, 4.69) is 49.5 Å². The van der Waals surface area contributed by atoms with E-state index >= 15 is 0 Å². The molecule has 0 aliphatic carbocycles. The average Bonchev–Trinajstić information content (AvgIpc) is 2.90. The first kappa shape index (κ1) is 13.7. The molecule has 0 fully saturated rings. The van der Waals surface area contributed by atoms with E-state index in [9.17, 15) is 0 Å². The van der Waals surface area contributed by atoms with Crippen molar-refractivity contribution in [3.8, 4) is 5.75 Å². The molecule has 3 heteroatoms. The molecule has 2 atom stereocenters. The van der Waals surface area contributed by atoms with Crippen LogP contribution in [0.3, 0.4) is 0 Å². The number of rotatable bonds is 4. The largest absolute Gasteiger partial charge is 0.493 e. The third kappa shape index (κ3) is 2.74. The van der Waals surface area contributed by atoms with Crippen LogP contribution in [0.25, 0.3) is 0 Å². The Balaban J connectivity index is 1.83. The van der Waals surface area contributed by atoms with Crippen molar-refractivity contribution in [1.82, 2.24) is 5.32 Å². The van der Waals surface area contributed by atoms with Crippen LogP contribution in [0.4, 0.5) is 0 Å². The van der Waals surface area contributed by atoms with Gasteiger partial charge in [0.25, 0.3) is 0 Å². The van der Waals surface area contributed by atoms with Crippen molar-refractivity contribution in [2.45, 2.75) is 26.3 Å². The number of para-hydroxylation sites is 1. The first-order valence-electron chi connectivity index (χ1n) is 7.28. The SMILES string of the molecule is CCNC(c1ccc(C)s1)C1COc2ccccc2C1. The Morgan fingerprint density at radius 1 is 1.30 bits per heavy atom. The second kappa shape index (κ2) is 5.98. The van der Waals surface area contributed by atoms with Crippen molar-refractivity contribution in [1.29, 1.82) is 0 Å². The molecule has 0 radical (unpaired) electrons. The number of fused-ring (bicyclic) bond motifs is 1. The molecule has 1 aromatic heterocycles. The van der Waals surface area contributed by atoms with E-state index in [-0.39, 0.29) is 0 Å². The molecule has 2 unspecified atom stereocenters. The van der Waals surface area contributed by atoms with Gasteiger partial charge in [0.15, 0.2) is 0 Å². The fourth-order valence-electron chi connectivity index (χ4n) is 2.91. The van der Waals surface area contributed by atoms with Gasteiger partial charge in [-0.2, -0.15) is 0 Å².